The van der Waals surface area contributed by atoms with Crippen molar-refractivity contribution < 1.29 is 27.1 Å². The van der Waals surface area contributed by atoms with Gasteiger partial charge in [-0.25, -0.2) is 9.37 Å². The third kappa shape index (κ3) is 4.30. The summed E-state index contributed by atoms with van der Waals surface area (Å²) in [7, 11) is 0. The molecule has 1 aromatic heterocycles. The molecule has 1 amide bonds. The molecule has 3 aromatic rings. The van der Waals surface area contributed by atoms with Gasteiger partial charge in [-0.15, -0.1) is 11.3 Å². The molecule has 0 aliphatic carbocycles. The van der Waals surface area contributed by atoms with Crippen LogP contribution in [0, 0.1) is 5.82 Å². The highest BCUT2D eigenvalue weighted by atomic mass is 32.1. The van der Waals surface area contributed by atoms with Gasteiger partial charge in [-0.2, -0.15) is 13.2 Å². The summed E-state index contributed by atoms with van der Waals surface area (Å²) in [6.07, 6.45) is -4.54. The lowest BCUT2D eigenvalue weighted by atomic mass is 10.2. The first-order valence-electron chi connectivity index (χ1n) is 8.06. The molecule has 0 aliphatic heterocycles. The molecule has 0 bridgehead atoms. The van der Waals surface area contributed by atoms with E-state index in [1.54, 1.807) is 11.4 Å². The molecule has 0 aliphatic rings. The van der Waals surface area contributed by atoms with Crippen LogP contribution in [0.4, 0.5) is 28.4 Å². The number of anilines is 2. The number of carbonyl (C=O) groups excluding carboxylic acids is 1. The van der Waals surface area contributed by atoms with Crippen molar-refractivity contribution >= 4 is 28.1 Å². The van der Waals surface area contributed by atoms with Gasteiger partial charge in [-0.3, -0.25) is 9.69 Å². The number of nitrogens with zero attached hydrogens (tertiary/aromatic N) is 2. The fraction of sp³-hybridized carbons (Fsp3) is 0.158. The molecular weight excluding hydrogens is 396 g/mol. The van der Waals surface area contributed by atoms with Crippen LogP contribution < -0.4 is 9.64 Å². The molecule has 0 fully saturated rings. The van der Waals surface area contributed by atoms with Crippen molar-refractivity contribution in [3.63, 3.8) is 0 Å². The second-order valence-electron chi connectivity index (χ2n) is 5.71. The van der Waals surface area contributed by atoms with Crippen molar-refractivity contribution in [3.8, 4) is 5.75 Å². The van der Waals surface area contributed by atoms with Crippen molar-refractivity contribution in [2.24, 2.45) is 0 Å². The van der Waals surface area contributed by atoms with Gasteiger partial charge in [-0.05, 0) is 24.3 Å². The molecule has 2 aromatic carbocycles. The quantitative estimate of drug-likeness (QED) is 0.517. The summed E-state index contributed by atoms with van der Waals surface area (Å²) in [5.41, 5.74) is -0.527. The maximum Gasteiger partial charge on any atom is 0.419 e. The lowest BCUT2D eigenvalue weighted by Crippen LogP contribution is -2.23. The Morgan fingerprint density at radius 3 is 2.50 bits per heavy atom. The van der Waals surface area contributed by atoms with Gasteiger partial charge in [0.25, 0.3) is 0 Å². The van der Waals surface area contributed by atoms with Crippen LogP contribution in [0.15, 0.2) is 53.9 Å². The van der Waals surface area contributed by atoms with E-state index < -0.39 is 23.5 Å². The number of alkyl halides is 3. The summed E-state index contributed by atoms with van der Waals surface area (Å²) < 4.78 is 58.4. The molecule has 0 atom stereocenters. The summed E-state index contributed by atoms with van der Waals surface area (Å²) in [6.45, 7) is 1.04. The Morgan fingerprint density at radius 2 is 1.82 bits per heavy atom. The second kappa shape index (κ2) is 7.97. The van der Waals surface area contributed by atoms with E-state index in [0.29, 0.717) is 5.69 Å². The minimum Gasteiger partial charge on any atom is -0.487 e. The van der Waals surface area contributed by atoms with Gasteiger partial charge in [0.15, 0.2) is 5.13 Å². The molecule has 0 spiro atoms. The van der Waals surface area contributed by atoms with Crippen molar-refractivity contribution in [1.29, 1.82) is 0 Å². The summed E-state index contributed by atoms with van der Waals surface area (Å²) in [4.78, 5) is 17.3. The van der Waals surface area contributed by atoms with Gasteiger partial charge in [0.05, 0.1) is 16.9 Å². The molecule has 146 valence electrons. The van der Waals surface area contributed by atoms with Gasteiger partial charge in [-0.1, -0.05) is 24.3 Å². The van der Waals surface area contributed by atoms with Gasteiger partial charge < -0.3 is 4.74 Å². The first-order chi connectivity index (χ1) is 13.3. The Labute approximate surface area is 162 Å². The summed E-state index contributed by atoms with van der Waals surface area (Å²) in [5.74, 6) is -1.36. The van der Waals surface area contributed by atoms with E-state index >= 15 is 0 Å². The number of hydrogen-bond acceptors (Lipinski definition) is 4. The monoisotopic (exact) mass is 410 g/mol. The number of amides is 1. The molecular formula is C19H14F4N2O2S. The number of aromatic nitrogens is 1. The predicted octanol–water partition coefficient (Wildman–Crippen LogP) is 5.56. The van der Waals surface area contributed by atoms with E-state index in [0.717, 1.165) is 22.3 Å². The van der Waals surface area contributed by atoms with Crippen LogP contribution in [0.5, 0.6) is 5.75 Å². The number of thiazole rings is 1. The minimum absolute atomic E-state index is 0.0410. The molecule has 1 heterocycles. The maximum absolute atomic E-state index is 14.1. The molecule has 0 unspecified atom stereocenters. The Morgan fingerprint density at radius 1 is 1.14 bits per heavy atom. The maximum atomic E-state index is 14.1. The Balaban J connectivity index is 1.81. The SMILES string of the molecule is CC(=O)N(c1nc(COc2ccccc2C(F)(F)F)cs1)c1ccccc1F. The van der Waals surface area contributed by atoms with E-state index in [4.69, 9.17) is 4.74 Å². The third-order valence-electron chi connectivity index (χ3n) is 3.71. The zero-order chi connectivity index (χ0) is 20.3. The van der Waals surface area contributed by atoms with Crippen molar-refractivity contribution in [1.82, 2.24) is 4.98 Å². The number of para-hydroxylation sites is 2. The molecule has 0 saturated carbocycles. The second-order valence-corrected chi connectivity index (χ2v) is 6.55. The van der Waals surface area contributed by atoms with Gasteiger partial charge in [0, 0.05) is 12.3 Å². The molecule has 4 nitrogen and oxygen atoms in total. The van der Waals surface area contributed by atoms with Gasteiger partial charge >= 0.3 is 6.18 Å². The highest BCUT2D eigenvalue weighted by molar-refractivity contribution is 7.14. The molecule has 3 rings (SSSR count). The first-order valence-corrected chi connectivity index (χ1v) is 8.94. The molecule has 0 saturated heterocycles. The number of hydrogen-bond donors (Lipinski definition) is 0. The van der Waals surface area contributed by atoms with Crippen LogP contribution >= 0.6 is 11.3 Å². The lowest BCUT2D eigenvalue weighted by Gasteiger charge is -2.18. The summed E-state index contributed by atoms with van der Waals surface area (Å²) in [5, 5.41) is 1.74. The predicted molar refractivity (Wildman–Crippen MR) is 97.1 cm³/mol. The summed E-state index contributed by atoms with van der Waals surface area (Å²) in [6, 6.07) is 10.6. The lowest BCUT2D eigenvalue weighted by molar-refractivity contribution is -0.139. The van der Waals surface area contributed by atoms with Crippen LogP contribution in [0.3, 0.4) is 0 Å². The number of carbonyl (C=O) groups is 1. The average molecular weight is 410 g/mol. The summed E-state index contributed by atoms with van der Waals surface area (Å²) >= 11 is 1.06. The molecule has 28 heavy (non-hydrogen) atoms. The number of rotatable bonds is 5. The van der Waals surface area contributed by atoms with E-state index in [2.05, 4.69) is 4.98 Å². The van der Waals surface area contributed by atoms with Crippen LogP contribution in [-0.2, 0) is 17.6 Å². The standard InChI is InChI=1S/C19H14F4N2O2S/c1-12(26)25(16-8-4-3-7-15(16)20)18-24-13(11-28-18)10-27-17-9-5-2-6-14(17)19(21,22)23/h2-9,11H,10H2,1H3. The first kappa shape index (κ1) is 19.8. The van der Waals surface area contributed by atoms with Crippen molar-refractivity contribution in [2.75, 3.05) is 4.90 Å². The van der Waals surface area contributed by atoms with Crippen molar-refractivity contribution in [2.45, 2.75) is 19.7 Å². The highest BCUT2D eigenvalue weighted by Gasteiger charge is 2.34. The van der Waals surface area contributed by atoms with Gasteiger partial charge in [0.2, 0.25) is 5.91 Å². The van der Waals surface area contributed by atoms with E-state index in [-0.39, 0.29) is 23.2 Å². The van der Waals surface area contributed by atoms with E-state index in [1.807, 2.05) is 0 Å². The Kier molecular flexibility index (Phi) is 5.64. The van der Waals surface area contributed by atoms with Gasteiger partial charge in [0.1, 0.15) is 18.2 Å². The highest BCUT2D eigenvalue weighted by Crippen LogP contribution is 2.36. The number of ether oxygens (including phenoxy) is 1. The minimum atomic E-state index is -4.54. The number of halogens is 4. The average Bonchev–Trinajstić information content (AvgIpc) is 3.09. The fourth-order valence-corrected chi connectivity index (χ4v) is 3.35. The smallest absolute Gasteiger partial charge is 0.419 e. The van der Waals surface area contributed by atoms with Crippen molar-refractivity contribution in [3.05, 3.63) is 71.0 Å². The zero-order valence-electron chi connectivity index (χ0n) is 14.5. The number of benzene rings is 2. The molecule has 0 N–H and O–H groups in total. The third-order valence-corrected chi connectivity index (χ3v) is 4.58. The Hall–Kier alpha value is -2.94. The largest absolute Gasteiger partial charge is 0.487 e. The Bertz CT molecular complexity index is 988. The van der Waals surface area contributed by atoms with E-state index in [1.165, 1.54) is 43.3 Å². The molecule has 0 radical (unpaired) electrons. The van der Waals surface area contributed by atoms with E-state index in [9.17, 15) is 22.4 Å². The van der Waals surface area contributed by atoms with Crippen LogP contribution in [0.25, 0.3) is 0 Å². The topological polar surface area (TPSA) is 42.4 Å². The zero-order valence-corrected chi connectivity index (χ0v) is 15.4. The molecule has 9 heteroatoms. The normalized spacial score (nSPS) is 11.3. The van der Waals surface area contributed by atoms with Crippen LogP contribution in [-0.4, -0.2) is 10.9 Å². The fourth-order valence-electron chi connectivity index (χ4n) is 2.48. The van der Waals surface area contributed by atoms with Crippen LogP contribution in [0.2, 0.25) is 0 Å². The van der Waals surface area contributed by atoms with Crippen LogP contribution in [0.1, 0.15) is 18.2 Å².